The van der Waals surface area contributed by atoms with E-state index in [2.05, 4.69) is 16.3 Å². The van der Waals surface area contributed by atoms with Crippen molar-refractivity contribution in [3.63, 3.8) is 0 Å². The zero-order chi connectivity index (χ0) is 27.2. The molecule has 2 aliphatic heterocycles. The van der Waals surface area contributed by atoms with E-state index < -0.39 is 17.9 Å². The minimum absolute atomic E-state index is 0.164. The molecule has 2 aromatic heterocycles. The molecular weight excluding hydrogens is 504 g/mol. The van der Waals surface area contributed by atoms with Crippen LogP contribution in [0.15, 0.2) is 21.6 Å². The summed E-state index contributed by atoms with van der Waals surface area (Å²) in [7, 11) is 1.32. The second kappa shape index (κ2) is 12.1. The lowest BCUT2D eigenvalue weighted by Crippen LogP contribution is -2.45. The first-order chi connectivity index (χ1) is 17.6. The molecule has 37 heavy (non-hydrogen) atoms. The van der Waals surface area contributed by atoms with Crippen molar-refractivity contribution in [1.29, 1.82) is 5.26 Å². The van der Waals surface area contributed by atoms with E-state index in [4.69, 9.17) is 38.7 Å². The number of carbonyl (C=O) groups is 3. The minimum Gasteiger partial charge on any atom is -0.473 e. The highest BCUT2D eigenvalue weighted by molar-refractivity contribution is 7.98. The summed E-state index contributed by atoms with van der Waals surface area (Å²) < 4.78 is 16.3. The molecule has 198 valence electrons. The SMILES string of the molecule is COC(=O)c1ccc(CSc2nc(N3CCNCC3)c3c(c2C#N)CC(C)(C)OC3)o1.O=C(O)C(=O)O. The first-order valence-electron chi connectivity index (χ1n) is 11.4. The fourth-order valence-electron chi connectivity index (χ4n) is 3.89. The largest absolute Gasteiger partial charge is 0.473 e. The maximum absolute atomic E-state index is 11.6. The van der Waals surface area contributed by atoms with Gasteiger partial charge in [-0.15, -0.1) is 0 Å². The van der Waals surface area contributed by atoms with E-state index in [1.807, 2.05) is 13.8 Å². The number of methoxy groups -OCH3 is 1. The molecule has 1 saturated heterocycles. The van der Waals surface area contributed by atoms with E-state index in [0.29, 0.717) is 35.1 Å². The number of nitrogens with zero attached hydrogens (tertiary/aromatic N) is 3. The molecule has 0 atom stereocenters. The fraction of sp³-hybridized carbons (Fsp3) is 0.458. The number of rotatable bonds is 5. The Labute approximate surface area is 217 Å². The molecule has 12 nitrogen and oxygen atoms in total. The van der Waals surface area contributed by atoms with Gasteiger partial charge in [0.2, 0.25) is 5.76 Å². The summed E-state index contributed by atoms with van der Waals surface area (Å²) in [5.41, 5.74) is 2.32. The fourth-order valence-corrected chi connectivity index (χ4v) is 4.79. The number of nitriles is 1. The molecular formula is C24H28N4O8S. The number of thioether (sulfide) groups is 1. The Balaban J connectivity index is 0.000000568. The highest BCUT2D eigenvalue weighted by atomic mass is 32.2. The quantitative estimate of drug-likeness (QED) is 0.290. The molecule has 0 aromatic carbocycles. The number of furan rings is 1. The van der Waals surface area contributed by atoms with Crippen LogP contribution in [-0.4, -0.2) is 72.0 Å². The highest BCUT2D eigenvalue weighted by Gasteiger charge is 2.33. The van der Waals surface area contributed by atoms with Gasteiger partial charge in [0.1, 0.15) is 22.7 Å². The summed E-state index contributed by atoms with van der Waals surface area (Å²) in [5, 5.41) is 28.8. The van der Waals surface area contributed by atoms with Crippen LogP contribution < -0.4 is 10.2 Å². The van der Waals surface area contributed by atoms with Crippen molar-refractivity contribution in [3.8, 4) is 6.07 Å². The second-order valence-corrected chi connectivity index (χ2v) is 9.77. The van der Waals surface area contributed by atoms with Crippen LogP contribution in [0.3, 0.4) is 0 Å². The van der Waals surface area contributed by atoms with Gasteiger partial charge in [-0.3, -0.25) is 0 Å². The third-order valence-corrected chi connectivity index (χ3v) is 6.68. The number of esters is 1. The Hall–Kier alpha value is -3.60. The predicted molar refractivity (Wildman–Crippen MR) is 131 cm³/mol. The van der Waals surface area contributed by atoms with Crippen molar-refractivity contribution >= 4 is 35.5 Å². The van der Waals surface area contributed by atoms with Gasteiger partial charge in [-0.25, -0.2) is 19.4 Å². The summed E-state index contributed by atoms with van der Waals surface area (Å²) in [5.74, 6) is -2.01. The Kier molecular flexibility index (Phi) is 9.14. The second-order valence-electron chi connectivity index (χ2n) is 8.80. The lowest BCUT2D eigenvalue weighted by Gasteiger charge is -2.37. The smallest absolute Gasteiger partial charge is 0.414 e. The van der Waals surface area contributed by atoms with E-state index >= 15 is 0 Å². The van der Waals surface area contributed by atoms with Crippen molar-refractivity contribution in [3.05, 3.63) is 40.3 Å². The molecule has 4 heterocycles. The van der Waals surface area contributed by atoms with Crippen molar-refractivity contribution in [2.45, 2.75) is 43.3 Å². The van der Waals surface area contributed by atoms with E-state index in [1.165, 1.54) is 18.9 Å². The zero-order valence-electron chi connectivity index (χ0n) is 20.7. The van der Waals surface area contributed by atoms with Crippen molar-refractivity contribution in [2.75, 3.05) is 38.2 Å². The Morgan fingerprint density at radius 2 is 1.89 bits per heavy atom. The van der Waals surface area contributed by atoms with Crippen molar-refractivity contribution in [2.24, 2.45) is 0 Å². The normalized spacial score (nSPS) is 16.0. The number of carboxylic acids is 2. The number of carbonyl (C=O) groups excluding carboxylic acids is 1. The van der Waals surface area contributed by atoms with E-state index in [9.17, 15) is 10.1 Å². The molecule has 2 aliphatic rings. The van der Waals surface area contributed by atoms with Crippen LogP contribution in [0, 0.1) is 11.3 Å². The number of piperazine rings is 1. The van der Waals surface area contributed by atoms with Gasteiger partial charge in [0, 0.05) is 38.2 Å². The number of fused-ring (bicyclic) bond motifs is 1. The number of hydrogen-bond donors (Lipinski definition) is 3. The molecule has 13 heteroatoms. The summed E-state index contributed by atoms with van der Waals surface area (Å²) in [6, 6.07) is 5.73. The molecule has 4 rings (SSSR count). The third kappa shape index (κ3) is 7.00. The lowest BCUT2D eigenvalue weighted by molar-refractivity contribution is -0.159. The van der Waals surface area contributed by atoms with Gasteiger partial charge >= 0.3 is 17.9 Å². The van der Waals surface area contributed by atoms with Crippen molar-refractivity contribution < 1.29 is 38.5 Å². The van der Waals surface area contributed by atoms with Gasteiger partial charge < -0.3 is 34.3 Å². The van der Waals surface area contributed by atoms with E-state index in [0.717, 1.165) is 43.1 Å². The molecule has 0 radical (unpaired) electrons. The number of ether oxygens (including phenoxy) is 2. The van der Waals surface area contributed by atoms with Crippen molar-refractivity contribution in [1.82, 2.24) is 10.3 Å². The van der Waals surface area contributed by atoms with Gasteiger partial charge in [-0.2, -0.15) is 5.26 Å². The molecule has 0 amide bonds. The van der Waals surface area contributed by atoms with Crippen LogP contribution in [0.25, 0.3) is 0 Å². The Morgan fingerprint density at radius 3 is 2.49 bits per heavy atom. The number of hydrogen-bond acceptors (Lipinski definition) is 11. The highest BCUT2D eigenvalue weighted by Crippen LogP contribution is 2.39. The van der Waals surface area contributed by atoms with E-state index in [1.54, 1.807) is 12.1 Å². The number of pyridine rings is 1. The first-order valence-corrected chi connectivity index (χ1v) is 12.4. The summed E-state index contributed by atoms with van der Waals surface area (Å²) in [4.78, 5) is 37.0. The van der Waals surface area contributed by atoms with Gasteiger partial charge in [0.05, 0.1) is 30.6 Å². The monoisotopic (exact) mass is 532 g/mol. The number of anilines is 1. The van der Waals surface area contributed by atoms with Crippen LogP contribution in [0.4, 0.5) is 5.82 Å². The molecule has 3 N–H and O–H groups in total. The van der Waals surface area contributed by atoms with Gasteiger partial charge in [0.25, 0.3) is 0 Å². The summed E-state index contributed by atoms with van der Waals surface area (Å²) >= 11 is 1.45. The van der Waals surface area contributed by atoms with Crippen LogP contribution in [0.5, 0.6) is 0 Å². The molecule has 1 fully saturated rings. The van der Waals surface area contributed by atoms with Crippen LogP contribution in [0.2, 0.25) is 0 Å². The molecule has 0 bridgehead atoms. The number of nitrogens with one attached hydrogen (secondary N) is 1. The molecule has 0 aliphatic carbocycles. The lowest BCUT2D eigenvalue weighted by atomic mass is 9.89. The third-order valence-electron chi connectivity index (χ3n) is 5.68. The van der Waals surface area contributed by atoms with Gasteiger partial charge in [-0.05, 0) is 31.5 Å². The topological polar surface area (TPSA) is 175 Å². The maximum atomic E-state index is 11.6. The zero-order valence-corrected chi connectivity index (χ0v) is 21.5. The molecule has 0 spiro atoms. The standard InChI is InChI=1S/C22H26N4O4S.C2H2O4/c1-22(2)10-15-16(11-23)20(31-13-14-4-5-18(30-14)21(27)28-3)25-19(17(15)12-29-22)26-8-6-24-7-9-26;3-1(4)2(5)6/h4-5,24H,6-10,12-13H2,1-3H3;(H,3,4)(H,5,6). The predicted octanol–water partition coefficient (Wildman–Crippen LogP) is 2.04. The Morgan fingerprint density at radius 1 is 1.22 bits per heavy atom. The molecule has 0 saturated carbocycles. The maximum Gasteiger partial charge on any atom is 0.414 e. The molecule has 0 unspecified atom stereocenters. The minimum atomic E-state index is -1.82. The van der Waals surface area contributed by atoms with Crippen LogP contribution >= 0.6 is 11.8 Å². The number of aromatic nitrogens is 1. The Bertz CT molecular complexity index is 1200. The average Bonchev–Trinajstić information content (AvgIpc) is 3.35. The number of carboxylic acid groups (broad SMARTS) is 2. The number of aliphatic carboxylic acids is 2. The van der Waals surface area contributed by atoms with Gasteiger partial charge in [0.15, 0.2) is 0 Å². The summed E-state index contributed by atoms with van der Waals surface area (Å²) in [6.45, 7) is 8.06. The average molecular weight is 533 g/mol. The first kappa shape index (κ1) is 28.0. The van der Waals surface area contributed by atoms with E-state index in [-0.39, 0.29) is 11.4 Å². The van der Waals surface area contributed by atoms with Gasteiger partial charge in [-0.1, -0.05) is 11.8 Å². The van der Waals surface area contributed by atoms with Crippen LogP contribution in [0.1, 0.15) is 46.9 Å². The summed E-state index contributed by atoms with van der Waals surface area (Å²) in [6.07, 6.45) is 0.660. The van der Waals surface area contributed by atoms with Crippen LogP contribution in [-0.2, 0) is 37.8 Å². The molecule has 2 aromatic rings.